The van der Waals surface area contributed by atoms with Crippen LogP contribution in [0.15, 0.2) is 0 Å². The Labute approximate surface area is 114 Å². The van der Waals surface area contributed by atoms with E-state index in [1.807, 2.05) is 13.8 Å². The first-order chi connectivity index (χ1) is 8.97. The second-order valence-corrected chi connectivity index (χ2v) is 5.11. The summed E-state index contributed by atoms with van der Waals surface area (Å²) in [5, 5.41) is 11.8. The van der Waals surface area contributed by atoms with E-state index in [0.29, 0.717) is 19.6 Å². The maximum Gasteiger partial charge on any atom is 0.326 e. The lowest BCUT2D eigenvalue weighted by Gasteiger charge is -2.32. The standard InChI is InChI=1S/C13H24N2O4/c1-4-9(2)11(12(16)17)14-13(18)15(3)10-5-7-19-8-6-10/h9-11H,4-8H2,1-3H3,(H,14,18)(H,16,17). The fourth-order valence-electron chi connectivity index (χ4n) is 2.16. The molecule has 19 heavy (non-hydrogen) atoms. The molecule has 0 aromatic rings. The molecule has 2 amide bonds. The molecule has 1 heterocycles. The van der Waals surface area contributed by atoms with Gasteiger partial charge < -0.3 is 20.1 Å². The van der Waals surface area contributed by atoms with Gasteiger partial charge in [-0.2, -0.15) is 0 Å². The fraction of sp³-hybridized carbons (Fsp3) is 0.846. The van der Waals surface area contributed by atoms with Gasteiger partial charge in [0.15, 0.2) is 0 Å². The largest absolute Gasteiger partial charge is 0.480 e. The zero-order valence-electron chi connectivity index (χ0n) is 11.9. The molecule has 2 atom stereocenters. The smallest absolute Gasteiger partial charge is 0.326 e. The molecular weight excluding hydrogens is 248 g/mol. The average Bonchev–Trinajstić information content (AvgIpc) is 2.43. The monoisotopic (exact) mass is 272 g/mol. The van der Waals surface area contributed by atoms with E-state index in [2.05, 4.69) is 5.32 Å². The number of hydrogen-bond acceptors (Lipinski definition) is 3. The molecule has 0 aliphatic carbocycles. The minimum Gasteiger partial charge on any atom is -0.480 e. The van der Waals surface area contributed by atoms with Crippen LogP contribution >= 0.6 is 0 Å². The van der Waals surface area contributed by atoms with Crippen LogP contribution in [-0.2, 0) is 9.53 Å². The Morgan fingerprint density at radius 3 is 2.47 bits per heavy atom. The lowest BCUT2D eigenvalue weighted by molar-refractivity contribution is -0.140. The van der Waals surface area contributed by atoms with Gasteiger partial charge in [-0.05, 0) is 18.8 Å². The molecule has 0 spiro atoms. The Balaban J connectivity index is 2.57. The number of carboxylic acids is 1. The van der Waals surface area contributed by atoms with Crippen molar-refractivity contribution in [1.29, 1.82) is 0 Å². The van der Waals surface area contributed by atoms with E-state index < -0.39 is 12.0 Å². The summed E-state index contributed by atoms with van der Waals surface area (Å²) < 4.78 is 5.25. The first kappa shape index (κ1) is 15.8. The van der Waals surface area contributed by atoms with E-state index >= 15 is 0 Å². The Hall–Kier alpha value is -1.30. The van der Waals surface area contributed by atoms with E-state index in [0.717, 1.165) is 12.8 Å². The number of rotatable bonds is 5. The molecule has 1 aliphatic heterocycles. The fourth-order valence-corrected chi connectivity index (χ4v) is 2.16. The second-order valence-electron chi connectivity index (χ2n) is 5.11. The van der Waals surface area contributed by atoms with Crippen molar-refractivity contribution in [3.63, 3.8) is 0 Å². The predicted octanol–water partition coefficient (Wildman–Crippen LogP) is 1.31. The van der Waals surface area contributed by atoms with Crippen LogP contribution in [0, 0.1) is 5.92 Å². The molecule has 0 aromatic heterocycles. The van der Waals surface area contributed by atoms with E-state index in [4.69, 9.17) is 9.84 Å². The maximum atomic E-state index is 12.1. The van der Waals surface area contributed by atoms with Gasteiger partial charge in [-0.3, -0.25) is 0 Å². The van der Waals surface area contributed by atoms with Gasteiger partial charge in [0.1, 0.15) is 6.04 Å². The van der Waals surface area contributed by atoms with Crippen molar-refractivity contribution in [2.24, 2.45) is 5.92 Å². The molecule has 0 radical (unpaired) electrons. The first-order valence-corrected chi connectivity index (χ1v) is 6.81. The maximum absolute atomic E-state index is 12.1. The predicted molar refractivity (Wildman–Crippen MR) is 71.0 cm³/mol. The Bertz CT molecular complexity index is 316. The Morgan fingerprint density at radius 2 is 2.00 bits per heavy atom. The van der Waals surface area contributed by atoms with Gasteiger partial charge >= 0.3 is 12.0 Å². The van der Waals surface area contributed by atoms with E-state index in [1.165, 1.54) is 0 Å². The summed E-state index contributed by atoms with van der Waals surface area (Å²) in [6.07, 6.45) is 2.30. The molecule has 2 N–H and O–H groups in total. The molecule has 1 aliphatic rings. The molecule has 6 heteroatoms. The molecule has 110 valence electrons. The van der Waals surface area contributed by atoms with E-state index in [1.54, 1.807) is 11.9 Å². The van der Waals surface area contributed by atoms with Gasteiger partial charge in [0, 0.05) is 26.3 Å². The van der Waals surface area contributed by atoms with Crippen molar-refractivity contribution in [3.05, 3.63) is 0 Å². The molecule has 1 fully saturated rings. The topological polar surface area (TPSA) is 78.9 Å². The van der Waals surface area contributed by atoms with Crippen LogP contribution in [0.4, 0.5) is 4.79 Å². The van der Waals surface area contributed by atoms with E-state index in [-0.39, 0.29) is 18.0 Å². The third kappa shape index (κ3) is 4.38. The van der Waals surface area contributed by atoms with E-state index in [9.17, 15) is 9.59 Å². The van der Waals surface area contributed by atoms with Crippen molar-refractivity contribution < 1.29 is 19.4 Å². The van der Waals surface area contributed by atoms with Crippen LogP contribution in [0.25, 0.3) is 0 Å². The number of hydrogen-bond donors (Lipinski definition) is 2. The molecule has 1 rings (SSSR count). The Morgan fingerprint density at radius 1 is 1.42 bits per heavy atom. The highest BCUT2D eigenvalue weighted by Gasteiger charge is 2.29. The summed E-state index contributed by atoms with van der Waals surface area (Å²) in [7, 11) is 1.71. The summed E-state index contributed by atoms with van der Waals surface area (Å²) in [5.74, 6) is -1.08. The number of ether oxygens (including phenoxy) is 1. The lowest BCUT2D eigenvalue weighted by Crippen LogP contribution is -2.52. The van der Waals surface area contributed by atoms with Crippen molar-refractivity contribution >= 4 is 12.0 Å². The number of nitrogens with one attached hydrogen (secondary N) is 1. The van der Waals surface area contributed by atoms with Crippen LogP contribution in [0.2, 0.25) is 0 Å². The number of carbonyl (C=O) groups excluding carboxylic acids is 1. The minimum atomic E-state index is -0.983. The van der Waals surface area contributed by atoms with Gasteiger partial charge in [-0.1, -0.05) is 20.3 Å². The Kier molecular flexibility index (Phi) is 6.08. The summed E-state index contributed by atoms with van der Waals surface area (Å²) in [5.41, 5.74) is 0. The highest BCUT2D eigenvalue weighted by molar-refractivity contribution is 5.82. The number of urea groups is 1. The number of carboxylic acid groups (broad SMARTS) is 1. The summed E-state index contributed by atoms with van der Waals surface area (Å²) in [6.45, 7) is 5.04. The highest BCUT2D eigenvalue weighted by Crippen LogP contribution is 2.14. The van der Waals surface area contributed by atoms with Crippen molar-refractivity contribution in [1.82, 2.24) is 10.2 Å². The minimum absolute atomic E-state index is 0.0930. The zero-order valence-corrected chi connectivity index (χ0v) is 11.9. The molecule has 0 saturated carbocycles. The SMILES string of the molecule is CCC(C)C(NC(=O)N(C)C1CCOCC1)C(=O)O. The first-order valence-electron chi connectivity index (χ1n) is 6.81. The van der Waals surface area contributed by atoms with Gasteiger partial charge in [-0.25, -0.2) is 9.59 Å². The van der Waals surface area contributed by atoms with Gasteiger partial charge in [0.25, 0.3) is 0 Å². The molecule has 0 aromatic carbocycles. The van der Waals surface area contributed by atoms with Gasteiger partial charge in [-0.15, -0.1) is 0 Å². The van der Waals surface area contributed by atoms with Gasteiger partial charge in [0.05, 0.1) is 0 Å². The van der Waals surface area contributed by atoms with Crippen molar-refractivity contribution in [3.8, 4) is 0 Å². The summed E-state index contributed by atoms with van der Waals surface area (Å²) >= 11 is 0. The van der Waals surface area contributed by atoms with Crippen LogP contribution < -0.4 is 5.32 Å². The molecule has 6 nitrogen and oxygen atoms in total. The molecule has 0 bridgehead atoms. The van der Waals surface area contributed by atoms with Crippen molar-refractivity contribution in [2.45, 2.75) is 45.2 Å². The molecule has 1 saturated heterocycles. The molecule has 2 unspecified atom stereocenters. The highest BCUT2D eigenvalue weighted by atomic mass is 16.5. The van der Waals surface area contributed by atoms with Crippen molar-refractivity contribution in [2.75, 3.05) is 20.3 Å². The number of amides is 2. The normalized spacial score (nSPS) is 19.5. The van der Waals surface area contributed by atoms with Crippen LogP contribution in [-0.4, -0.2) is 54.4 Å². The average molecular weight is 272 g/mol. The molecular formula is C13H24N2O4. The van der Waals surface area contributed by atoms with Gasteiger partial charge in [0.2, 0.25) is 0 Å². The summed E-state index contributed by atoms with van der Waals surface area (Å²) in [6, 6.07) is -1.03. The lowest BCUT2D eigenvalue weighted by atomic mass is 9.99. The van der Waals surface area contributed by atoms with Crippen LogP contribution in [0.5, 0.6) is 0 Å². The number of aliphatic carboxylic acids is 1. The quantitative estimate of drug-likeness (QED) is 0.791. The number of carbonyl (C=O) groups is 2. The van der Waals surface area contributed by atoms with Crippen LogP contribution in [0.3, 0.4) is 0 Å². The summed E-state index contributed by atoms with van der Waals surface area (Å²) in [4.78, 5) is 24.9. The third-order valence-electron chi connectivity index (χ3n) is 3.82. The zero-order chi connectivity index (χ0) is 14.4. The second kappa shape index (κ2) is 7.33. The third-order valence-corrected chi connectivity index (χ3v) is 3.82. The van der Waals surface area contributed by atoms with Crippen LogP contribution in [0.1, 0.15) is 33.1 Å². The number of nitrogens with zero attached hydrogens (tertiary/aromatic N) is 1.